The van der Waals surface area contributed by atoms with Crippen LogP contribution < -0.4 is 10.1 Å². The number of rotatable bonds is 3. The molecular weight excluding hydrogens is 419 g/mol. The largest absolute Gasteiger partial charge is 0.491 e. The average Bonchev–Trinajstić information content (AvgIpc) is 3.18. The predicted molar refractivity (Wildman–Crippen MR) is 112 cm³/mol. The highest BCUT2D eigenvalue weighted by atomic mass is 19.4. The van der Waals surface area contributed by atoms with Gasteiger partial charge < -0.3 is 14.6 Å². The zero-order valence-corrected chi connectivity index (χ0v) is 17.2. The van der Waals surface area contributed by atoms with Gasteiger partial charge >= 0.3 is 6.18 Å². The molecule has 1 unspecified atom stereocenters. The second kappa shape index (κ2) is 8.00. The van der Waals surface area contributed by atoms with Gasteiger partial charge in [-0.05, 0) is 24.5 Å². The predicted octanol–water partition coefficient (Wildman–Crippen LogP) is 4.41. The van der Waals surface area contributed by atoms with Crippen molar-refractivity contribution in [1.29, 1.82) is 0 Å². The van der Waals surface area contributed by atoms with E-state index in [1.807, 2.05) is 30.3 Å². The zero-order valence-electron chi connectivity index (χ0n) is 17.2. The maximum Gasteiger partial charge on any atom is 0.393 e. The van der Waals surface area contributed by atoms with Crippen molar-refractivity contribution in [3.05, 3.63) is 71.7 Å². The molecule has 0 saturated heterocycles. The number of amides is 1. The van der Waals surface area contributed by atoms with Crippen molar-refractivity contribution in [2.24, 2.45) is 5.92 Å². The third-order valence-electron chi connectivity index (χ3n) is 6.11. The molecule has 2 atom stereocenters. The SMILES string of the molecule is O=C(N[C@H]1COc2ccccc2C1)c1nc2n(c1-c1ccccc1)CC(C(F)(F)F)CC2. The molecule has 0 bridgehead atoms. The molecule has 3 aromatic rings. The van der Waals surface area contributed by atoms with Crippen molar-refractivity contribution in [3.8, 4) is 17.0 Å². The summed E-state index contributed by atoms with van der Waals surface area (Å²) >= 11 is 0. The van der Waals surface area contributed by atoms with Gasteiger partial charge in [-0.1, -0.05) is 48.5 Å². The summed E-state index contributed by atoms with van der Waals surface area (Å²) in [7, 11) is 0. The van der Waals surface area contributed by atoms with Crippen molar-refractivity contribution in [1.82, 2.24) is 14.9 Å². The molecule has 5 nitrogen and oxygen atoms in total. The fourth-order valence-corrected chi connectivity index (χ4v) is 4.49. The molecule has 0 saturated carbocycles. The van der Waals surface area contributed by atoms with E-state index in [1.165, 1.54) is 0 Å². The normalized spacial score (nSPS) is 20.1. The van der Waals surface area contributed by atoms with E-state index in [4.69, 9.17) is 4.74 Å². The van der Waals surface area contributed by atoms with Gasteiger partial charge in [0, 0.05) is 18.5 Å². The van der Waals surface area contributed by atoms with Crippen molar-refractivity contribution < 1.29 is 22.7 Å². The summed E-state index contributed by atoms with van der Waals surface area (Å²) in [5, 5.41) is 2.97. The van der Waals surface area contributed by atoms with Crippen LogP contribution in [-0.2, 0) is 19.4 Å². The van der Waals surface area contributed by atoms with E-state index in [0.29, 0.717) is 30.1 Å². The Hall–Kier alpha value is -3.29. The van der Waals surface area contributed by atoms with Crippen LogP contribution >= 0.6 is 0 Å². The zero-order chi connectivity index (χ0) is 22.3. The number of alkyl halides is 3. The average molecular weight is 441 g/mol. The van der Waals surface area contributed by atoms with E-state index in [2.05, 4.69) is 10.3 Å². The monoisotopic (exact) mass is 441 g/mol. The Morgan fingerprint density at radius 1 is 1.09 bits per heavy atom. The van der Waals surface area contributed by atoms with Crippen molar-refractivity contribution in [3.63, 3.8) is 0 Å². The van der Waals surface area contributed by atoms with Crippen LogP contribution in [0.3, 0.4) is 0 Å². The number of aromatic nitrogens is 2. The topological polar surface area (TPSA) is 56.1 Å². The number of nitrogens with one attached hydrogen (secondary N) is 1. The molecule has 32 heavy (non-hydrogen) atoms. The van der Waals surface area contributed by atoms with E-state index < -0.39 is 18.0 Å². The molecular formula is C24H22F3N3O2. The molecule has 1 aromatic heterocycles. The minimum absolute atomic E-state index is 0.0248. The van der Waals surface area contributed by atoms with Crippen LogP contribution in [0, 0.1) is 5.92 Å². The van der Waals surface area contributed by atoms with Crippen LogP contribution in [0.15, 0.2) is 54.6 Å². The molecule has 8 heteroatoms. The molecule has 166 valence electrons. The molecule has 0 radical (unpaired) electrons. The van der Waals surface area contributed by atoms with Crippen LogP contribution in [0.25, 0.3) is 11.3 Å². The van der Waals surface area contributed by atoms with Gasteiger partial charge in [0.1, 0.15) is 18.2 Å². The van der Waals surface area contributed by atoms with Gasteiger partial charge in [0.25, 0.3) is 5.91 Å². The molecule has 2 aromatic carbocycles. The van der Waals surface area contributed by atoms with Gasteiger partial charge in [0.2, 0.25) is 0 Å². The Morgan fingerprint density at radius 2 is 1.84 bits per heavy atom. The lowest BCUT2D eigenvalue weighted by Crippen LogP contribution is -2.43. The molecule has 3 heterocycles. The van der Waals surface area contributed by atoms with Crippen molar-refractivity contribution in [2.45, 2.75) is 38.0 Å². The third-order valence-corrected chi connectivity index (χ3v) is 6.11. The maximum atomic E-state index is 13.4. The van der Waals surface area contributed by atoms with E-state index in [9.17, 15) is 18.0 Å². The summed E-state index contributed by atoms with van der Waals surface area (Å²) in [5.41, 5.74) is 2.27. The quantitative estimate of drug-likeness (QED) is 0.655. The molecule has 0 spiro atoms. The minimum atomic E-state index is -4.29. The number of hydrogen-bond acceptors (Lipinski definition) is 3. The third kappa shape index (κ3) is 3.85. The molecule has 0 fully saturated rings. The van der Waals surface area contributed by atoms with Crippen LogP contribution in [-0.4, -0.2) is 34.3 Å². The molecule has 5 rings (SSSR count). The number of halogens is 3. The first kappa shape index (κ1) is 20.6. The number of carbonyl (C=O) groups excluding carboxylic acids is 1. The van der Waals surface area contributed by atoms with Crippen LogP contribution in [0.5, 0.6) is 5.75 Å². The lowest BCUT2D eigenvalue weighted by Gasteiger charge is -2.27. The highest BCUT2D eigenvalue weighted by molar-refractivity contribution is 5.98. The Bertz CT molecular complexity index is 1140. The van der Waals surface area contributed by atoms with E-state index >= 15 is 0 Å². The smallest absolute Gasteiger partial charge is 0.393 e. The standard InChI is InChI=1S/C24H22F3N3O2/c25-24(26,27)17-10-11-20-29-21(22(30(20)13-17)15-6-2-1-3-7-15)23(31)28-18-12-16-8-4-5-9-19(16)32-14-18/h1-9,17-18H,10-14H2,(H,28,31)/t17?,18-/m1/s1. The molecule has 2 aliphatic rings. The van der Waals surface area contributed by atoms with Crippen LogP contribution in [0.2, 0.25) is 0 Å². The van der Waals surface area contributed by atoms with E-state index in [1.54, 1.807) is 28.8 Å². The minimum Gasteiger partial charge on any atom is -0.491 e. The highest BCUT2D eigenvalue weighted by Crippen LogP contribution is 2.37. The second-order valence-electron chi connectivity index (χ2n) is 8.27. The van der Waals surface area contributed by atoms with Crippen LogP contribution in [0.4, 0.5) is 13.2 Å². The summed E-state index contributed by atoms with van der Waals surface area (Å²) < 4.78 is 47.6. The Morgan fingerprint density at radius 3 is 2.62 bits per heavy atom. The number of para-hydroxylation sites is 1. The lowest BCUT2D eigenvalue weighted by molar-refractivity contribution is -0.182. The fourth-order valence-electron chi connectivity index (χ4n) is 4.49. The van der Waals surface area contributed by atoms with Gasteiger partial charge in [0.05, 0.1) is 17.7 Å². The Kier molecular flexibility index (Phi) is 5.15. The first-order valence-corrected chi connectivity index (χ1v) is 10.6. The van der Waals surface area contributed by atoms with Gasteiger partial charge in [-0.2, -0.15) is 13.2 Å². The summed E-state index contributed by atoms with van der Waals surface area (Å²) in [5.74, 6) is -0.536. The van der Waals surface area contributed by atoms with Gasteiger partial charge in [-0.3, -0.25) is 4.79 Å². The molecule has 1 N–H and O–H groups in total. The van der Waals surface area contributed by atoms with Crippen LogP contribution in [0.1, 0.15) is 28.3 Å². The maximum absolute atomic E-state index is 13.4. The molecule has 0 aliphatic carbocycles. The van der Waals surface area contributed by atoms with Gasteiger partial charge in [-0.15, -0.1) is 0 Å². The van der Waals surface area contributed by atoms with E-state index in [-0.39, 0.29) is 31.1 Å². The number of hydrogen-bond donors (Lipinski definition) is 1. The number of benzene rings is 2. The molecule has 2 aliphatic heterocycles. The number of ether oxygens (including phenoxy) is 1. The number of imidazole rings is 1. The Labute approximate surface area is 183 Å². The fraction of sp³-hybridized carbons (Fsp3) is 0.333. The Balaban J connectivity index is 1.46. The number of nitrogens with zero attached hydrogens (tertiary/aromatic N) is 2. The number of aryl methyl sites for hydroxylation is 1. The number of fused-ring (bicyclic) bond motifs is 2. The van der Waals surface area contributed by atoms with Gasteiger partial charge in [0.15, 0.2) is 5.69 Å². The summed E-state index contributed by atoms with van der Waals surface area (Å²) in [6, 6.07) is 16.4. The van der Waals surface area contributed by atoms with Gasteiger partial charge in [-0.25, -0.2) is 4.98 Å². The summed E-state index contributed by atoms with van der Waals surface area (Å²) in [4.78, 5) is 17.7. The summed E-state index contributed by atoms with van der Waals surface area (Å²) in [6.07, 6.45) is -3.52. The van der Waals surface area contributed by atoms with Crippen molar-refractivity contribution in [2.75, 3.05) is 6.61 Å². The first-order chi connectivity index (χ1) is 15.4. The summed E-state index contributed by atoms with van der Waals surface area (Å²) in [6.45, 7) is 0.0936. The van der Waals surface area contributed by atoms with E-state index in [0.717, 1.165) is 11.3 Å². The number of carbonyl (C=O) groups is 1. The molecule has 1 amide bonds. The van der Waals surface area contributed by atoms with Crippen molar-refractivity contribution >= 4 is 5.91 Å². The lowest BCUT2D eigenvalue weighted by atomic mass is 9.98. The first-order valence-electron chi connectivity index (χ1n) is 10.6. The highest BCUT2D eigenvalue weighted by Gasteiger charge is 2.43. The second-order valence-corrected chi connectivity index (χ2v) is 8.27.